The van der Waals surface area contributed by atoms with Crippen molar-refractivity contribution in [1.82, 2.24) is 10.1 Å². The number of aryl methyl sites for hydroxylation is 1. The maximum atomic E-state index is 13.4. The van der Waals surface area contributed by atoms with Crippen molar-refractivity contribution in [2.75, 3.05) is 0 Å². The van der Waals surface area contributed by atoms with Gasteiger partial charge in [0, 0.05) is 11.1 Å². The summed E-state index contributed by atoms with van der Waals surface area (Å²) in [6, 6.07) is 13.4. The van der Waals surface area contributed by atoms with Crippen LogP contribution in [0.5, 0.6) is 0 Å². The predicted octanol–water partition coefficient (Wildman–Crippen LogP) is 3.72. The van der Waals surface area contributed by atoms with Gasteiger partial charge in [0.2, 0.25) is 5.82 Å². The van der Waals surface area contributed by atoms with Crippen LogP contribution in [0.3, 0.4) is 0 Å². The van der Waals surface area contributed by atoms with E-state index < -0.39 is 0 Å². The van der Waals surface area contributed by atoms with Gasteiger partial charge in [-0.05, 0) is 55.0 Å². The number of hydrogen-bond acceptors (Lipinski definition) is 4. The summed E-state index contributed by atoms with van der Waals surface area (Å²) in [7, 11) is 0. The van der Waals surface area contributed by atoms with Crippen molar-refractivity contribution < 1.29 is 8.91 Å². The second kappa shape index (κ2) is 5.17. The molecule has 0 aliphatic carbocycles. The highest BCUT2D eigenvalue weighted by atomic mass is 19.1. The fraction of sp³-hybridized carbons (Fsp3) is 0.0625. The molecule has 0 spiro atoms. The van der Waals surface area contributed by atoms with Crippen molar-refractivity contribution in [1.29, 1.82) is 5.26 Å². The van der Waals surface area contributed by atoms with E-state index in [0.29, 0.717) is 28.4 Å². The Bertz CT molecular complexity index is 811. The van der Waals surface area contributed by atoms with Crippen molar-refractivity contribution in [3.63, 3.8) is 0 Å². The third kappa shape index (κ3) is 2.65. The minimum atomic E-state index is -0.338. The van der Waals surface area contributed by atoms with Gasteiger partial charge < -0.3 is 4.52 Å². The number of hydrogen-bond donors (Lipinski definition) is 0. The van der Waals surface area contributed by atoms with E-state index in [-0.39, 0.29) is 5.82 Å². The molecule has 0 bridgehead atoms. The van der Waals surface area contributed by atoms with Crippen LogP contribution in [0.15, 0.2) is 47.0 Å². The molecular weight excluding hydrogens is 269 g/mol. The summed E-state index contributed by atoms with van der Waals surface area (Å²) in [5, 5.41) is 12.6. The summed E-state index contributed by atoms with van der Waals surface area (Å²) in [5.41, 5.74) is 2.62. The van der Waals surface area contributed by atoms with Crippen molar-refractivity contribution >= 4 is 0 Å². The first-order valence-corrected chi connectivity index (χ1v) is 6.27. The molecule has 0 saturated carbocycles. The molecule has 3 aromatic rings. The highest BCUT2D eigenvalue weighted by Crippen LogP contribution is 2.23. The van der Waals surface area contributed by atoms with Crippen LogP contribution in [0.4, 0.5) is 4.39 Å². The largest absolute Gasteiger partial charge is 0.334 e. The van der Waals surface area contributed by atoms with Crippen LogP contribution in [0.25, 0.3) is 22.8 Å². The summed E-state index contributed by atoms with van der Waals surface area (Å²) in [6.07, 6.45) is 0. The quantitative estimate of drug-likeness (QED) is 0.717. The molecule has 0 N–H and O–H groups in total. The lowest BCUT2D eigenvalue weighted by Crippen LogP contribution is -1.85. The van der Waals surface area contributed by atoms with E-state index in [4.69, 9.17) is 9.78 Å². The van der Waals surface area contributed by atoms with E-state index in [0.717, 1.165) is 5.56 Å². The van der Waals surface area contributed by atoms with Gasteiger partial charge in [0.25, 0.3) is 5.89 Å². The Labute approximate surface area is 120 Å². The van der Waals surface area contributed by atoms with Crippen LogP contribution >= 0.6 is 0 Å². The lowest BCUT2D eigenvalue weighted by atomic mass is 10.1. The number of nitrogens with zero attached hydrogens (tertiary/aromatic N) is 3. The average Bonchev–Trinajstić information content (AvgIpc) is 2.96. The molecule has 5 heteroatoms. The van der Waals surface area contributed by atoms with Gasteiger partial charge in [-0.25, -0.2) is 4.39 Å². The number of benzene rings is 2. The van der Waals surface area contributed by atoms with Crippen LogP contribution in [0, 0.1) is 24.1 Å². The first-order chi connectivity index (χ1) is 10.2. The molecule has 0 saturated heterocycles. The third-order valence-electron chi connectivity index (χ3n) is 2.99. The van der Waals surface area contributed by atoms with Crippen molar-refractivity contribution in [3.8, 4) is 28.9 Å². The Hall–Kier alpha value is -3.00. The summed E-state index contributed by atoms with van der Waals surface area (Å²) in [4.78, 5) is 4.26. The van der Waals surface area contributed by atoms with Crippen LogP contribution < -0.4 is 0 Å². The molecule has 2 aromatic carbocycles. The van der Waals surface area contributed by atoms with E-state index in [2.05, 4.69) is 10.1 Å². The van der Waals surface area contributed by atoms with Gasteiger partial charge in [-0.3, -0.25) is 0 Å². The molecule has 1 aromatic heterocycles. The smallest absolute Gasteiger partial charge is 0.258 e. The van der Waals surface area contributed by atoms with Crippen molar-refractivity contribution in [2.24, 2.45) is 0 Å². The fourth-order valence-electron chi connectivity index (χ4n) is 2.01. The third-order valence-corrected chi connectivity index (χ3v) is 2.99. The normalized spacial score (nSPS) is 10.3. The number of aromatic nitrogens is 2. The zero-order chi connectivity index (χ0) is 14.8. The fourth-order valence-corrected chi connectivity index (χ4v) is 2.01. The van der Waals surface area contributed by atoms with Gasteiger partial charge in [0.15, 0.2) is 0 Å². The zero-order valence-electron chi connectivity index (χ0n) is 11.2. The molecule has 102 valence electrons. The second-order valence-electron chi connectivity index (χ2n) is 4.63. The Morgan fingerprint density at radius 2 is 1.86 bits per heavy atom. The topological polar surface area (TPSA) is 62.7 Å². The maximum Gasteiger partial charge on any atom is 0.258 e. The molecule has 0 radical (unpaired) electrons. The molecular formula is C16H10FN3O. The molecule has 0 amide bonds. The Balaban J connectivity index is 1.97. The Kier molecular flexibility index (Phi) is 3.20. The van der Waals surface area contributed by atoms with Crippen LogP contribution in [0.2, 0.25) is 0 Å². The van der Waals surface area contributed by atoms with Gasteiger partial charge in [-0.15, -0.1) is 0 Å². The summed E-state index contributed by atoms with van der Waals surface area (Å²) < 4.78 is 18.6. The Morgan fingerprint density at radius 1 is 1.10 bits per heavy atom. The van der Waals surface area contributed by atoms with E-state index >= 15 is 0 Å². The van der Waals surface area contributed by atoms with Crippen LogP contribution in [-0.4, -0.2) is 10.1 Å². The summed E-state index contributed by atoms with van der Waals surface area (Å²) >= 11 is 0. The molecule has 0 unspecified atom stereocenters. The zero-order valence-corrected chi connectivity index (χ0v) is 11.2. The Morgan fingerprint density at radius 3 is 2.52 bits per heavy atom. The molecule has 0 fully saturated rings. The molecule has 0 aliphatic rings. The van der Waals surface area contributed by atoms with Gasteiger partial charge in [0.1, 0.15) is 5.82 Å². The highest BCUT2D eigenvalue weighted by molar-refractivity contribution is 5.61. The predicted molar refractivity (Wildman–Crippen MR) is 74.6 cm³/mol. The SMILES string of the molecule is Cc1cc(F)cc(-c2noc(-c3ccc(C#N)cc3)n2)c1. The molecule has 0 aliphatic heterocycles. The number of rotatable bonds is 2. The monoisotopic (exact) mass is 279 g/mol. The molecule has 4 nitrogen and oxygen atoms in total. The first-order valence-electron chi connectivity index (χ1n) is 6.27. The van der Waals surface area contributed by atoms with Crippen molar-refractivity contribution in [3.05, 3.63) is 59.4 Å². The van der Waals surface area contributed by atoms with E-state index in [9.17, 15) is 4.39 Å². The molecule has 21 heavy (non-hydrogen) atoms. The van der Waals surface area contributed by atoms with Gasteiger partial charge in [-0.2, -0.15) is 10.2 Å². The maximum absolute atomic E-state index is 13.4. The lowest BCUT2D eigenvalue weighted by molar-refractivity contribution is 0.432. The lowest BCUT2D eigenvalue weighted by Gasteiger charge is -1.97. The first kappa shape index (κ1) is 13.0. The number of halogens is 1. The minimum Gasteiger partial charge on any atom is -0.334 e. The van der Waals surface area contributed by atoms with E-state index in [1.54, 1.807) is 37.3 Å². The van der Waals surface area contributed by atoms with Gasteiger partial charge in [0.05, 0.1) is 11.6 Å². The van der Waals surface area contributed by atoms with Crippen LogP contribution in [-0.2, 0) is 0 Å². The molecule has 1 heterocycles. The molecule has 3 rings (SSSR count). The van der Waals surface area contributed by atoms with Gasteiger partial charge >= 0.3 is 0 Å². The van der Waals surface area contributed by atoms with Crippen LogP contribution in [0.1, 0.15) is 11.1 Å². The standard InChI is InChI=1S/C16H10FN3O/c1-10-6-13(8-14(17)7-10)15-19-16(21-20-15)12-4-2-11(9-18)3-5-12/h2-8H,1H3. The molecule has 0 atom stereocenters. The minimum absolute atomic E-state index is 0.330. The highest BCUT2D eigenvalue weighted by Gasteiger charge is 2.11. The number of nitriles is 1. The summed E-state index contributed by atoms with van der Waals surface area (Å²) in [5.74, 6) is 0.322. The van der Waals surface area contributed by atoms with E-state index in [1.807, 2.05) is 6.07 Å². The van der Waals surface area contributed by atoms with Crippen molar-refractivity contribution in [2.45, 2.75) is 6.92 Å². The average molecular weight is 279 g/mol. The van der Waals surface area contributed by atoms with Gasteiger partial charge in [-0.1, -0.05) is 5.16 Å². The van der Waals surface area contributed by atoms with E-state index in [1.165, 1.54) is 12.1 Å². The second-order valence-corrected chi connectivity index (χ2v) is 4.63. The summed E-state index contributed by atoms with van der Waals surface area (Å²) in [6.45, 7) is 1.80.